The van der Waals surface area contributed by atoms with Crippen molar-refractivity contribution in [2.75, 3.05) is 5.43 Å². The Kier molecular flexibility index (Phi) is 1.79. The molecule has 0 bridgehead atoms. The Balaban J connectivity index is 2.32. The molecule has 1 heterocycles. The normalized spacial score (nSPS) is 16.1. The van der Waals surface area contributed by atoms with E-state index in [0.29, 0.717) is 0 Å². The van der Waals surface area contributed by atoms with Gasteiger partial charge in [0, 0.05) is 4.88 Å². The quantitative estimate of drug-likeness (QED) is 0.492. The minimum absolute atomic E-state index is 0.858. The number of aromatic nitrogens is 1. The highest BCUT2D eigenvalue weighted by atomic mass is 32.1. The zero-order valence-corrected chi connectivity index (χ0v) is 7.08. The van der Waals surface area contributed by atoms with E-state index < -0.39 is 0 Å². The fourth-order valence-corrected chi connectivity index (χ4v) is 2.37. The predicted octanol–water partition coefficient (Wildman–Crippen LogP) is 1.31. The standard InChI is InChI=1S/C7H11N3S/c8-10-7-9-5-3-1-2-4-6(5)11-7/h1-4,8H2,(H,9,10). The van der Waals surface area contributed by atoms with Crippen LogP contribution in [0.25, 0.3) is 0 Å². The number of hydrazine groups is 1. The third kappa shape index (κ3) is 1.23. The maximum Gasteiger partial charge on any atom is 0.197 e. The van der Waals surface area contributed by atoms with E-state index in [0.717, 1.165) is 11.6 Å². The lowest BCUT2D eigenvalue weighted by atomic mass is 10.0. The third-order valence-electron chi connectivity index (χ3n) is 1.97. The monoisotopic (exact) mass is 169 g/mol. The number of hydrogen-bond donors (Lipinski definition) is 2. The molecule has 3 nitrogen and oxygen atoms in total. The summed E-state index contributed by atoms with van der Waals surface area (Å²) in [6, 6.07) is 0. The summed E-state index contributed by atoms with van der Waals surface area (Å²) in [4.78, 5) is 5.77. The molecule has 0 aliphatic heterocycles. The van der Waals surface area contributed by atoms with Crippen molar-refractivity contribution in [2.45, 2.75) is 25.7 Å². The molecule has 0 saturated heterocycles. The largest absolute Gasteiger partial charge is 0.300 e. The Bertz CT molecular complexity index is 233. The van der Waals surface area contributed by atoms with Crippen molar-refractivity contribution in [1.29, 1.82) is 0 Å². The highest BCUT2D eigenvalue weighted by Crippen LogP contribution is 2.28. The van der Waals surface area contributed by atoms with E-state index in [4.69, 9.17) is 5.84 Å². The van der Waals surface area contributed by atoms with Crippen LogP contribution in [0.3, 0.4) is 0 Å². The van der Waals surface area contributed by atoms with Gasteiger partial charge in [0.05, 0.1) is 5.69 Å². The molecule has 4 heteroatoms. The molecule has 0 unspecified atom stereocenters. The number of thiazole rings is 1. The molecule has 0 radical (unpaired) electrons. The number of nitrogens with one attached hydrogen (secondary N) is 1. The molecule has 3 N–H and O–H groups in total. The summed E-state index contributed by atoms with van der Waals surface area (Å²) >= 11 is 1.69. The van der Waals surface area contributed by atoms with Gasteiger partial charge < -0.3 is 0 Å². The number of nitrogens with zero attached hydrogens (tertiary/aromatic N) is 1. The van der Waals surface area contributed by atoms with Crippen molar-refractivity contribution >= 4 is 16.5 Å². The Hall–Kier alpha value is -0.610. The van der Waals surface area contributed by atoms with Gasteiger partial charge in [0.1, 0.15) is 0 Å². The fraction of sp³-hybridized carbons (Fsp3) is 0.571. The maximum absolute atomic E-state index is 5.26. The van der Waals surface area contributed by atoms with Gasteiger partial charge in [0.15, 0.2) is 5.13 Å². The molecule has 0 aromatic carbocycles. The second-order valence-corrected chi connectivity index (χ2v) is 3.82. The van der Waals surface area contributed by atoms with Crippen molar-refractivity contribution in [3.63, 3.8) is 0 Å². The second-order valence-electron chi connectivity index (χ2n) is 2.74. The summed E-state index contributed by atoms with van der Waals surface area (Å²) in [7, 11) is 0. The molecule has 2 rings (SSSR count). The molecule has 0 saturated carbocycles. The first kappa shape index (κ1) is 7.06. The first-order chi connectivity index (χ1) is 5.40. The average molecular weight is 169 g/mol. The minimum Gasteiger partial charge on any atom is -0.300 e. The number of rotatable bonds is 1. The van der Waals surface area contributed by atoms with E-state index in [1.165, 1.54) is 29.8 Å². The molecule has 1 aromatic heterocycles. The first-order valence-corrected chi connectivity index (χ1v) is 4.67. The Morgan fingerprint density at radius 3 is 2.91 bits per heavy atom. The Labute approximate surface area is 69.6 Å². The van der Waals surface area contributed by atoms with Gasteiger partial charge in [-0.15, -0.1) is 11.3 Å². The van der Waals surface area contributed by atoms with Crippen LogP contribution in [0.15, 0.2) is 0 Å². The SMILES string of the molecule is NNc1nc2c(s1)CCCC2. The summed E-state index contributed by atoms with van der Waals surface area (Å²) in [5, 5.41) is 0.858. The van der Waals surface area contributed by atoms with Crippen molar-refractivity contribution in [1.82, 2.24) is 4.98 Å². The first-order valence-electron chi connectivity index (χ1n) is 3.85. The fourth-order valence-electron chi connectivity index (χ4n) is 1.41. The van der Waals surface area contributed by atoms with Gasteiger partial charge in [-0.2, -0.15) is 0 Å². The van der Waals surface area contributed by atoms with Crippen LogP contribution in [0.2, 0.25) is 0 Å². The van der Waals surface area contributed by atoms with Crippen LogP contribution >= 0.6 is 11.3 Å². The van der Waals surface area contributed by atoms with Crippen molar-refractivity contribution in [3.8, 4) is 0 Å². The maximum atomic E-state index is 5.26. The number of aryl methyl sites for hydroxylation is 2. The highest BCUT2D eigenvalue weighted by Gasteiger charge is 2.13. The van der Waals surface area contributed by atoms with Crippen LogP contribution < -0.4 is 11.3 Å². The van der Waals surface area contributed by atoms with E-state index in [9.17, 15) is 0 Å². The van der Waals surface area contributed by atoms with Gasteiger partial charge in [-0.3, -0.25) is 5.43 Å². The second kappa shape index (κ2) is 2.79. The van der Waals surface area contributed by atoms with Crippen LogP contribution in [0.5, 0.6) is 0 Å². The number of anilines is 1. The van der Waals surface area contributed by atoms with Crippen LogP contribution in [0, 0.1) is 0 Å². The molecule has 11 heavy (non-hydrogen) atoms. The van der Waals surface area contributed by atoms with Gasteiger partial charge >= 0.3 is 0 Å². The molecule has 0 amide bonds. The minimum atomic E-state index is 0.858. The zero-order valence-electron chi connectivity index (χ0n) is 6.26. The van der Waals surface area contributed by atoms with Crippen molar-refractivity contribution in [3.05, 3.63) is 10.6 Å². The molecule has 1 aliphatic carbocycles. The third-order valence-corrected chi connectivity index (χ3v) is 3.06. The summed E-state index contributed by atoms with van der Waals surface area (Å²) in [5.41, 5.74) is 3.85. The van der Waals surface area contributed by atoms with E-state index in [1.807, 2.05) is 0 Å². The average Bonchev–Trinajstić information content (AvgIpc) is 2.46. The summed E-state index contributed by atoms with van der Waals surface area (Å²) < 4.78 is 0. The molecular weight excluding hydrogens is 158 g/mol. The lowest BCUT2D eigenvalue weighted by Gasteiger charge is -2.06. The van der Waals surface area contributed by atoms with E-state index in [1.54, 1.807) is 11.3 Å². The van der Waals surface area contributed by atoms with Crippen LogP contribution in [-0.4, -0.2) is 4.98 Å². The van der Waals surface area contributed by atoms with E-state index in [2.05, 4.69) is 10.4 Å². The van der Waals surface area contributed by atoms with E-state index >= 15 is 0 Å². The molecule has 0 fully saturated rings. The molecular formula is C7H11N3S. The zero-order chi connectivity index (χ0) is 7.68. The lowest BCUT2D eigenvalue weighted by molar-refractivity contribution is 0.682. The topological polar surface area (TPSA) is 50.9 Å². The van der Waals surface area contributed by atoms with Crippen molar-refractivity contribution < 1.29 is 0 Å². The Morgan fingerprint density at radius 1 is 1.36 bits per heavy atom. The smallest absolute Gasteiger partial charge is 0.197 e. The molecule has 60 valence electrons. The number of fused-ring (bicyclic) bond motifs is 1. The van der Waals surface area contributed by atoms with Gasteiger partial charge in [-0.1, -0.05) is 0 Å². The summed E-state index contributed by atoms with van der Waals surface area (Å²) in [6.07, 6.45) is 4.90. The molecule has 1 aromatic rings. The summed E-state index contributed by atoms with van der Waals surface area (Å²) in [6.45, 7) is 0. The van der Waals surface area contributed by atoms with Crippen molar-refractivity contribution in [2.24, 2.45) is 5.84 Å². The predicted molar refractivity (Wildman–Crippen MR) is 46.6 cm³/mol. The Morgan fingerprint density at radius 2 is 2.18 bits per heavy atom. The van der Waals surface area contributed by atoms with Gasteiger partial charge in [-0.25, -0.2) is 10.8 Å². The molecule has 1 aliphatic rings. The number of hydrogen-bond acceptors (Lipinski definition) is 4. The van der Waals surface area contributed by atoms with Crippen LogP contribution in [0.4, 0.5) is 5.13 Å². The van der Waals surface area contributed by atoms with Gasteiger partial charge in [0.2, 0.25) is 0 Å². The van der Waals surface area contributed by atoms with Gasteiger partial charge in [0.25, 0.3) is 0 Å². The van der Waals surface area contributed by atoms with Crippen LogP contribution in [-0.2, 0) is 12.8 Å². The number of nitrogens with two attached hydrogens (primary N) is 1. The summed E-state index contributed by atoms with van der Waals surface area (Å²) in [5.74, 6) is 5.26. The number of nitrogen functional groups attached to an aromatic ring is 1. The van der Waals surface area contributed by atoms with Gasteiger partial charge in [-0.05, 0) is 25.7 Å². The van der Waals surface area contributed by atoms with Crippen LogP contribution in [0.1, 0.15) is 23.4 Å². The molecule has 0 spiro atoms. The lowest BCUT2D eigenvalue weighted by Crippen LogP contribution is -2.06. The molecule has 0 atom stereocenters. The highest BCUT2D eigenvalue weighted by molar-refractivity contribution is 7.15. The van der Waals surface area contributed by atoms with E-state index in [-0.39, 0.29) is 0 Å².